The third kappa shape index (κ3) is 2.76. The number of benzene rings is 1. The number of nitrogens with zero attached hydrogens (tertiary/aromatic N) is 4. The number of halogens is 2. The van der Waals surface area contributed by atoms with Gasteiger partial charge in [0.2, 0.25) is 5.91 Å². The van der Waals surface area contributed by atoms with E-state index in [1.54, 1.807) is 29.3 Å². The van der Waals surface area contributed by atoms with Gasteiger partial charge < -0.3 is 10.6 Å². The summed E-state index contributed by atoms with van der Waals surface area (Å²) in [7, 11) is 0. The van der Waals surface area contributed by atoms with Crippen LogP contribution in [0.3, 0.4) is 0 Å². The van der Waals surface area contributed by atoms with Crippen LogP contribution in [0.25, 0.3) is 10.9 Å². The molecule has 3 aromatic rings. The lowest BCUT2D eigenvalue weighted by atomic mass is 9.81. The van der Waals surface area contributed by atoms with Crippen LogP contribution in [0.1, 0.15) is 6.42 Å². The van der Waals surface area contributed by atoms with Gasteiger partial charge in [-0.2, -0.15) is 0 Å². The minimum Gasteiger partial charge on any atom is -0.337 e. The Kier molecular flexibility index (Phi) is 3.92. The van der Waals surface area contributed by atoms with Gasteiger partial charge in [0.25, 0.3) is 0 Å². The molecule has 7 nitrogen and oxygen atoms in total. The predicted molar refractivity (Wildman–Crippen MR) is 104 cm³/mol. The van der Waals surface area contributed by atoms with Crippen molar-refractivity contribution in [3.63, 3.8) is 0 Å². The van der Waals surface area contributed by atoms with Crippen LogP contribution >= 0.6 is 11.6 Å². The van der Waals surface area contributed by atoms with Gasteiger partial charge in [-0.3, -0.25) is 9.69 Å². The van der Waals surface area contributed by atoms with E-state index in [4.69, 9.17) is 11.6 Å². The van der Waals surface area contributed by atoms with Crippen LogP contribution in [-0.4, -0.2) is 40.5 Å². The summed E-state index contributed by atoms with van der Waals surface area (Å²) in [6.07, 6.45) is 3.50. The second-order valence-corrected chi connectivity index (χ2v) is 7.68. The molecule has 0 unspecified atom stereocenters. The number of amides is 1. The van der Waals surface area contributed by atoms with Crippen LogP contribution in [0.4, 0.5) is 21.7 Å². The first kappa shape index (κ1) is 17.3. The molecule has 2 saturated heterocycles. The lowest BCUT2D eigenvalue weighted by Gasteiger charge is -2.38. The molecule has 28 heavy (non-hydrogen) atoms. The van der Waals surface area contributed by atoms with Crippen molar-refractivity contribution in [1.82, 2.24) is 20.3 Å². The normalized spacial score (nSPS) is 17.9. The average molecular weight is 399 g/mol. The molecular formula is C19H16ClFN6O. The number of hydrogen-bond donors (Lipinski definition) is 2. The Morgan fingerprint density at radius 3 is 2.86 bits per heavy atom. The number of aromatic nitrogens is 3. The molecule has 0 atom stereocenters. The third-order valence-corrected chi connectivity index (χ3v) is 5.60. The predicted octanol–water partition coefficient (Wildman–Crippen LogP) is 2.89. The highest BCUT2D eigenvalue weighted by Gasteiger charge is 2.48. The van der Waals surface area contributed by atoms with Crippen LogP contribution in [0.2, 0.25) is 5.02 Å². The fourth-order valence-corrected chi connectivity index (χ4v) is 3.92. The lowest BCUT2D eigenvalue weighted by molar-refractivity contribution is -0.118. The summed E-state index contributed by atoms with van der Waals surface area (Å²) in [5.74, 6) is 0.465. The molecule has 5 rings (SSSR count). The molecular weight excluding hydrogens is 383 g/mol. The molecule has 142 valence electrons. The van der Waals surface area contributed by atoms with E-state index >= 15 is 0 Å². The molecule has 2 fully saturated rings. The maximum atomic E-state index is 14.3. The van der Waals surface area contributed by atoms with E-state index in [1.807, 2.05) is 0 Å². The molecule has 1 amide bonds. The molecule has 0 aliphatic carbocycles. The Labute approximate surface area is 164 Å². The van der Waals surface area contributed by atoms with Crippen molar-refractivity contribution in [2.45, 2.75) is 6.42 Å². The average Bonchev–Trinajstić information content (AvgIpc) is 3.04. The van der Waals surface area contributed by atoms with Crippen molar-refractivity contribution in [3.8, 4) is 0 Å². The van der Waals surface area contributed by atoms with Crippen molar-refractivity contribution in [1.29, 1.82) is 0 Å². The van der Waals surface area contributed by atoms with Gasteiger partial charge >= 0.3 is 0 Å². The second-order valence-electron chi connectivity index (χ2n) is 7.27. The fraction of sp³-hybridized carbons (Fsp3) is 0.263. The highest BCUT2D eigenvalue weighted by molar-refractivity contribution is 6.31. The molecule has 9 heteroatoms. The van der Waals surface area contributed by atoms with Gasteiger partial charge in [0.05, 0.1) is 22.4 Å². The van der Waals surface area contributed by atoms with E-state index in [-0.39, 0.29) is 22.0 Å². The zero-order valence-electron chi connectivity index (χ0n) is 14.7. The molecule has 1 spiro atoms. The molecule has 0 bridgehead atoms. The number of fused-ring (bicyclic) bond motifs is 1. The van der Waals surface area contributed by atoms with Crippen molar-refractivity contribution < 1.29 is 9.18 Å². The Hall–Kier alpha value is -2.84. The Bertz CT molecular complexity index is 1100. The fourth-order valence-electron chi connectivity index (χ4n) is 3.74. The first-order chi connectivity index (χ1) is 13.5. The van der Waals surface area contributed by atoms with Crippen LogP contribution < -0.4 is 15.5 Å². The summed E-state index contributed by atoms with van der Waals surface area (Å²) in [6.45, 7) is 2.32. The van der Waals surface area contributed by atoms with Gasteiger partial charge in [-0.15, -0.1) is 0 Å². The molecule has 0 radical (unpaired) electrons. The number of carbonyl (C=O) groups is 1. The van der Waals surface area contributed by atoms with E-state index < -0.39 is 5.82 Å². The summed E-state index contributed by atoms with van der Waals surface area (Å²) < 4.78 is 14.3. The van der Waals surface area contributed by atoms with E-state index in [9.17, 15) is 9.18 Å². The van der Waals surface area contributed by atoms with Gasteiger partial charge in [-0.25, -0.2) is 19.3 Å². The molecule has 1 aromatic carbocycles. The highest BCUT2D eigenvalue weighted by Crippen LogP contribution is 2.38. The van der Waals surface area contributed by atoms with Gasteiger partial charge in [0.1, 0.15) is 18.0 Å². The van der Waals surface area contributed by atoms with E-state index in [0.717, 1.165) is 13.1 Å². The third-order valence-electron chi connectivity index (χ3n) is 5.31. The molecule has 2 aromatic heterocycles. The van der Waals surface area contributed by atoms with Crippen LogP contribution in [-0.2, 0) is 4.79 Å². The number of hydrogen-bond acceptors (Lipinski definition) is 6. The minimum absolute atomic E-state index is 0.00586. The molecule has 2 N–H and O–H groups in total. The smallest absolute Gasteiger partial charge is 0.228 e. The van der Waals surface area contributed by atoms with Gasteiger partial charge in [0, 0.05) is 36.9 Å². The van der Waals surface area contributed by atoms with Crippen LogP contribution in [0, 0.1) is 11.2 Å². The van der Waals surface area contributed by atoms with Crippen molar-refractivity contribution in [2.75, 3.05) is 29.9 Å². The molecule has 2 aliphatic heterocycles. The van der Waals surface area contributed by atoms with E-state index in [1.165, 1.54) is 12.4 Å². The maximum absolute atomic E-state index is 14.3. The van der Waals surface area contributed by atoms with Crippen molar-refractivity contribution in [3.05, 3.63) is 47.6 Å². The SMILES string of the molecule is O=C1CC2(CNC2)CN1c1cc2c(Nc3cccc(Cl)c3F)ncnc2cn1. The summed E-state index contributed by atoms with van der Waals surface area (Å²) in [4.78, 5) is 27.1. The number of carbonyl (C=O) groups excluding carboxylic acids is 1. The quantitative estimate of drug-likeness (QED) is 0.706. The highest BCUT2D eigenvalue weighted by atomic mass is 35.5. The number of pyridine rings is 1. The Morgan fingerprint density at radius 1 is 1.25 bits per heavy atom. The Morgan fingerprint density at radius 2 is 2.11 bits per heavy atom. The minimum atomic E-state index is -0.556. The van der Waals surface area contributed by atoms with Gasteiger partial charge in [-0.05, 0) is 18.2 Å². The first-order valence-electron chi connectivity index (χ1n) is 8.88. The monoisotopic (exact) mass is 398 g/mol. The topological polar surface area (TPSA) is 83.0 Å². The standard InChI is InChI=1S/C19H16ClFN6O/c20-12-2-1-3-13(17(12)21)26-18-11-4-15(23-6-14(11)24-10-25-18)27-9-19(5-16(27)28)7-22-8-19/h1-4,6,10,22H,5,7-9H2,(H,24,25,26). The van der Waals surface area contributed by atoms with Crippen LogP contribution in [0.15, 0.2) is 36.8 Å². The zero-order valence-corrected chi connectivity index (χ0v) is 15.5. The number of anilines is 3. The van der Waals surface area contributed by atoms with Crippen molar-refractivity contribution >= 4 is 45.7 Å². The Balaban J connectivity index is 1.53. The number of nitrogens with one attached hydrogen (secondary N) is 2. The summed E-state index contributed by atoms with van der Waals surface area (Å²) >= 11 is 5.86. The van der Waals surface area contributed by atoms with E-state index in [2.05, 4.69) is 25.6 Å². The van der Waals surface area contributed by atoms with Crippen LogP contribution in [0.5, 0.6) is 0 Å². The summed E-state index contributed by atoms with van der Waals surface area (Å²) in [5, 5.41) is 6.88. The van der Waals surface area contributed by atoms with Gasteiger partial charge in [-0.1, -0.05) is 17.7 Å². The van der Waals surface area contributed by atoms with Crippen molar-refractivity contribution in [2.24, 2.45) is 5.41 Å². The van der Waals surface area contributed by atoms with Gasteiger partial charge in [0.15, 0.2) is 5.82 Å². The van der Waals surface area contributed by atoms with E-state index in [0.29, 0.717) is 35.5 Å². The summed E-state index contributed by atoms with van der Waals surface area (Å²) in [5.41, 5.74) is 0.810. The number of rotatable bonds is 3. The molecule has 4 heterocycles. The second kappa shape index (κ2) is 6.35. The largest absolute Gasteiger partial charge is 0.337 e. The maximum Gasteiger partial charge on any atom is 0.228 e. The lowest BCUT2D eigenvalue weighted by Crippen LogP contribution is -2.54. The first-order valence-corrected chi connectivity index (χ1v) is 9.25. The molecule has 0 saturated carbocycles. The zero-order chi connectivity index (χ0) is 19.3. The summed E-state index contributed by atoms with van der Waals surface area (Å²) in [6, 6.07) is 6.48. The molecule has 2 aliphatic rings.